The second-order valence-corrected chi connectivity index (χ2v) is 6.83. The van der Waals surface area contributed by atoms with E-state index >= 15 is 0 Å². The SMILES string of the molecule is Cc1ccnc(-c2noc(CN3CCCC(c4ccnc(C)n4)C3)n2)c1. The largest absolute Gasteiger partial charge is 0.337 e. The highest BCUT2D eigenvalue weighted by molar-refractivity contribution is 5.48. The third-order valence-electron chi connectivity index (χ3n) is 4.69. The first kappa shape index (κ1) is 16.8. The first-order valence-corrected chi connectivity index (χ1v) is 8.95. The van der Waals surface area contributed by atoms with Crippen molar-refractivity contribution in [2.24, 2.45) is 0 Å². The van der Waals surface area contributed by atoms with Crippen molar-refractivity contribution in [1.82, 2.24) is 30.0 Å². The second kappa shape index (κ2) is 7.29. The Morgan fingerprint density at radius 1 is 1.15 bits per heavy atom. The molecule has 0 amide bonds. The number of hydrogen-bond donors (Lipinski definition) is 0. The minimum atomic E-state index is 0.422. The smallest absolute Gasteiger partial charge is 0.241 e. The lowest BCUT2D eigenvalue weighted by Crippen LogP contribution is -2.34. The molecule has 1 unspecified atom stereocenters. The van der Waals surface area contributed by atoms with Gasteiger partial charge in [0.15, 0.2) is 0 Å². The number of pyridine rings is 1. The van der Waals surface area contributed by atoms with Crippen molar-refractivity contribution < 1.29 is 4.52 Å². The van der Waals surface area contributed by atoms with Gasteiger partial charge in [-0.1, -0.05) is 5.16 Å². The fraction of sp³-hybridized carbons (Fsp3) is 0.421. The van der Waals surface area contributed by atoms with Gasteiger partial charge in [-0.05, 0) is 57.0 Å². The highest BCUT2D eigenvalue weighted by Gasteiger charge is 2.24. The topological polar surface area (TPSA) is 80.8 Å². The maximum atomic E-state index is 5.45. The van der Waals surface area contributed by atoms with Gasteiger partial charge in [-0.2, -0.15) is 4.98 Å². The number of piperidine rings is 1. The first-order valence-electron chi connectivity index (χ1n) is 8.95. The summed E-state index contributed by atoms with van der Waals surface area (Å²) in [5, 5.41) is 4.09. The van der Waals surface area contributed by atoms with Gasteiger partial charge >= 0.3 is 0 Å². The van der Waals surface area contributed by atoms with Crippen molar-refractivity contribution in [3.63, 3.8) is 0 Å². The van der Waals surface area contributed by atoms with E-state index in [1.54, 1.807) is 6.20 Å². The Balaban J connectivity index is 1.44. The van der Waals surface area contributed by atoms with E-state index in [1.807, 2.05) is 38.2 Å². The van der Waals surface area contributed by atoms with Crippen molar-refractivity contribution in [2.45, 2.75) is 39.2 Å². The lowest BCUT2D eigenvalue weighted by Gasteiger charge is -2.31. The average molecular weight is 350 g/mol. The van der Waals surface area contributed by atoms with Crippen molar-refractivity contribution in [3.8, 4) is 11.5 Å². The predicted molar refractivity (Wildman–Crippen MR) is 96.3 cm³/mol. The van der Waals surface area contributed by atoms with Crippen LogP contribution >= 0.6 is 0 Å². The molecule has 0 aromatic carbocycles. The number of hydrogen-bond acceptors (Lipinski definition) is 7. The molecule has 7 nitrogen and oxygen atoms in total. The molecule has 0 bridgehead atoms. The molecule has 0 radical (unpaired) electrons. The fourth-order valence-corrected chi connectivity index (χ4v) is 3.42. The van der Waals surface area contributed by atoms with Crippen LogP contribution in [0.5, 0.6) is 0 Å². The van der Waals surface area contributed by atoms with E-state index in [2.05, 4.69) is 30.0 Å². The number of nitrogens with zero attached hydrogens (tertiary/aromatic N) is 6. The summed E-state index contributed by atoms with van der Waals surface area (Å²) in [6, 6.07) is 5.94. The van der Waals surface area contributed by atoms with Crippen molar-refractivity contribution >= 4 is 0 Å². The maximum Gasteiger partial charge on any atom is 0.241 e. The Hall–Kier alpha value is -2.67. The highest BCUT2D eigenvalue weighted by Crippen LogP contribution is 2.26. The van der Waals surface area contributed by atoms with Gasteiger partial charge in [-0.15, -0.1) is 0 Å². The van der Waals surface area contributed by atoms with Gasteiger partial charge in [0.25, 0.3) is 0 Å². The normalized spacial score (nSPS) is 18.2. The summed E-state index contributed by atoms with van der Waals surface area (Å²) in [6.07, 6.45) is 5.89. The van der Waals surface area contributed by atoms with E-state index in [9.17, 15) is 0 Å². The lowest BCUT2D eigenvalue weighted by molar-refractivity contribution is 0.175. The number of likely N-dealkylation sites (tertiary alicyclic amines) is 1. The van der Waals surface area contributed by atoms with Gasteiger partial charge in [0.05, 0.1) is 6.54 Å². The third kappa shape index (κ3) is 3.77. The summed E-state index contributed by atoms with van der Waals surface area (Å²) in [6.45, 7) is 6.58. The van der Waals surface area contributed by atoms with Crippen molar-refractivity contribution in [3.05, 3.63) is 53.6 Å². The molecule has 1 aliphatic rings. The second-order valence-electron chi connectivity index (χ2n) is 6.83. The molecule has 26 heavy (non-hydrogen) atoms. The van der Waals surface area contributed by atoms with Crippen LogP contribution in [0.25, 0.3) is 11.5 Å². The van der Waals surface area contributed by atoms with Gasteiger partial charge in [0, 0.05) is 30.6 Å². The van der Waals surface area contributed by atoms with Crippen LogP contribution in [-0.2, 0) is 6.54 Å². The lowest BCUT2D eigenvalue weighted by atomic mass is 9.94. The van der Waals surface area contributed by atoms with Gasteiger partial charge in [-0.25, -0.2) is 9.97 Å². The zero-order valence-electron chi connectivity index (χ0n) is 15.1. The molecule has 4 rings (SSSR count). The molecule has 1 fully saturated rings. The monoisotopic (exact) mass is 350 g/mol. The van der Waals surface area contributed by atoms with E-state index in [0.29, 0.717) is 24.2 Å². The number of rotatable bonds is 4. The molecule has 4 heterocycles. The zero-order chi connectivity index (χ0) is 17.9. The predicted octanol–water partition coefficient (Wildman–Crippen LogP) is 2.92. The van der Waals surface area contributed by atoms with Gasteiger partial charge in [0.1, 0.15) is 11.5 Å². The van der Waals surface area contributed by atoms with Gasteiger partial charge < -0.3 is 4.52 Å². The molecule has 3 aromatic rings. The van der Waals surface area contributed by atoms with E-state index in [0.717, 1.165) is 48.7 Å². The van der Waals surface area contributed by atoms with Gasteiger partial charge in [-0.3, -0.25) is 9.88 Å². The van der Waals surface area contributed by atoms with Crippen LogP contribution in [0.1, 0.15) is 41.7 Å². The molecule has 0 spiro atoms. The molecule has 134 valence electrons. The third-order valence-corrected chi connectivity index (χ3v) is 4.69. The molecule has 0 saturated carbocycles. The summed E-state index contributed by atoms with van der Waals surface area (Å²) in [5.41, 5.74) is 2.99. The Bertz CT molecular complexity index is 893. The van der Waals surface area contributed by atoms with Crippen LogP contribution in [-0.4, -0.2) is 43.1 Å². The van der Waals surface area contributed by atoms with E-state index < -0.39 is 0 Å². The minimum absolute atomic E-state index is 0.422. The molecular weight excluding hydrogens is 328 g/mol. The Morgan fingerprint density at radius 3 is 2.88 bits per heavy atom. The highest BCUT2D eigenvalue weighted by atomic mass is 16.5. The Labute approximate surface area is 152 Å². The molecule has 3 aromatic heterocycles. The molecule has 1 aliphatic heterocycles. The molecular formula is C19H22N6O. The molecule has 7 heteroatoms. The fourth-order valence-electron chi connectivity index (χ4n) is 3.42. The summed E-state index contributed by atoms with van der Waals surface area (Å²) < 4.78 is 5.45. The maximum absolute atomic E-state index is 5.45. The summed E-state index contributed by atoms with van der Waals surface area (Å²) in [5.74, 6) is 2.42. The summed E-state index contributed by atoms with van der Waals surface area (Å²) >= 11 is 0. The molecule has 1 atom stereocenters. The van der Waals surface area contributed by atoms with E-state index in [1.165, 1.54) is 0 Å². The van der Waals surface area contributed by atoms with Crippen LogP contribution in [0.4, 0.5) is 0 Å². The zero-order valence-corrected chi connectivity index (χ0v) is 15.1. The van der Waals surface area contributed by atoms with Crippen LogP contribution in [0, 0.1) is 13.8 Å². The quantitative estimate of drug-likeness (QED) is 0.715. The number of aromatic nitrogens is 5. The van der Waals surface area contributed by atoms with Crippen molar-refractivity contribution in [1.29, 1.82) is 0 Å². The standard InChI is InChI=1S/C19H22N6O/c1-13-5-7-21-17(10-13)19-23-18(26-24-19)12-25-9-3-4-15(11-25)16-6-8-20-14(2)22-16/h5-8,10,15H,3-4,9,11-12H2,1-2H3. The average Bonchev–Trinajstić information content (AvgIpc) is 3.10. The molecule has 0 N–H and O–H groups in total. The first-order chi connectivity index (χ1) is 12.7. The van der Waals surface area contributed by atoms with Crippen LogP contribution in [0.15, 0.2) is 35.1 Å². The molecule has 0 aliphatic carbocycles. The van der Waals surface area contributed by atoms with Crippen LogP contribution < -0.4 is 0 Å². The van der Waals surface area contributed by atoms with E-state index in [-0.39, 0.29) is 0 Å². The summed E-state index contributed by atoms with van der Waals surface area (Å²) in [7, 11) is 0. The summed E-state index contributed by atoms with van der Waals surface area (Å²) in [4.78, 5) is 20.0. The number of aryl methyl sites for hydroxylation is 2. The van der Waals surface area contributed by atoms with E-state index in [4.69, 9.17) is 4.52 Å². The Morgan fingerprint density at radius 2 is 2.04 bits per heavy atom. The van der Waals surface area contributed by atoms with Crippen LogP contribution in [0.3, 0.4) is 0 Å². The minimum Gasteiger partial charge on any atom is -0.337 e. The van der Waals surface area contributed by atoms with Crippen LogP contribution in [0.2, 0.25) is 0 Å². The van der Waals surface area contributed by atoms with Crippen molar-refractivity contribution in [2.75, 3.05) is 13.1 Å². The Kier molecular flexibility index (Phi) is 4.71. The van der Waals surface area contributed by atoms with Gasteiger partial charge in [0.2, 0.25) is 11.7 Å². The molecule has 1 saturated heterocycles.